The molecule has 92 valence electrons. The number of nitrogens with zero attached hydrogens (tertiary/aromatic N) is 2. The van der Waals surface area contributed by atoms with Gasteiger partial charge in [-0.15, -0.1) is 0 Å². The largest absolute Gasteiger partial charge is 0.488 e. The van der Waals surface area contributed by atoms with Gasteiger partial charge in [-0.2, -0.15) is 0 Å². The Morgan fingerprint density at radius 2 is 2.00 bits per heavy atom. The molecule has 2 aromatic rings. The van der Waals surface area contributed by atoms with Crippen molar-refractivity contribution in [2.24, 2.45) is 0 Å². The van der Waals surface area contributed by atoms with Crippen LogP contribution in [0.5, 0.6) is 5.88 Å². The Kier molecular flexibility index (Phi) is 3.91. The first-order valence-electron chi connectivity index (χ1n) is 5.56. The molecule has 0 aromatic carbocycles. The molecule has 0 saturated carbocycles. The lowest BCUT2D eigenvalue weighted by molar-refractivity contribution is 0.213. The quantitative estimate of drug-likeness (QED) is 0.756. The Morgan fingerprint density at radius 3 is 2.67 bits per heavy atom. The molecule has 0 unspecified atom stereocenters. The van der Waals surface area contributed by atoms with E-state index in [0.717, 1.165) is 5.69 Å². The third-order valence-corrected chi connectivity index (χ3v) is 2.46. The van der Waals surface area contributed by atoms with Gasteiger partial charge in [0.2, 0.25) is 5.88 Å². The van der Waals surface area contributed by atoms with E-state index in [1.165, 1.54) is 18.3 Å². The van der Waals surface area contributed by atoms with Gasteiger partial charge in [-0.1, -0.05) is 6.07 Å². The van der Waals surface area contributed by atoms with Gasteiger partial charge in [-0.05, 0) is 30.6 Å². The number of ether oxygens (including phenoxy) is 1. The molecule has 0 aliphatic rings. The molecule has 18 heavy (non-hydrogen) atoms. The maximum Gasteiger partial charge on any atom is 0.488 e. The van der Waals surface area contributed by atoms with Crippen molar-refractivity contribution < 1.29 is 14.8 Å². The summed E-state index contributed by atoms with van der Waals surface area (Å²) < 4.78 is 5.60. The number of pyridine rings is 2. The normalized spacial score (nSPS) is 11.9. The molecule has 2 rings (SSSR count). The fourth-order valence-corrected chi connectivity index (χ4v) is 1.51. The topological polar surface area (TPSA) is 75.5 Å². The van der Waals surface area contributed by atoms with E-state index in [0.29, 0.717) is 11.3 Å². The van der Waals surface area contributed by atoms with Crippen LogP contribution in [0.1, 0.15) is 18.7 Å². The van der Waals surface area contributed by atoms with E-state index in [1.54, 1.807) is 6.20 Å². The Bertz CT molecular complexity index is 508. The highest BCUT2D eigenvalue weighted by Gasteiger charge is 2.14. The lowest BCUT2D eigenvalue weighted by Gasteiger charge is -2.13. The Balaban J connectivity index is 2.12. The number of rotatable bonds is 4. The van der Waals surface area contributed by atoms with Gasteiger partial charge in [0.15, 0.2) is 0 Å². The van der Waals surface area contributed by atoms with Crippen molar-refractivity contribution in [3.63, 3.8) is 0 Å². The van der Waals surface area contributed by atoms with Crippen molar-refractivity contribution in [1.29, 1.82) is 0 Å². The van der Waals surface area contributed by atoms with E-state index in [2.05, 4.69) is 9.97 Å². The molecule has 0 fully saturated rings. The second kappa shape index (κ2) is 5.62. The van der Waals surface area contributed by atoms with Crippen LogP contribution in [0, 0.1) is 0 Å². The van der Waals surface area contributed by atoms with Crippen LogP contribution in [0.2, 0.25) is 0 Å². The van der Waals surface area contributed by atoms with Gasteiger partial charge in [-0.3, -0.25) is 4.98 Å². The van der Waals surface area contributed by atoms with Gasteiger partial charge in [0.25, 0.3) is 0 Å². The van der Waals surface area contributed by atoms with Crippen molar-refractivity contribution in [1.82, 2.24) is 9.97 Å². The molecule has 1 atom stereocenters. The van der Waals surface area contributed by atoms with Gasteiger partial charge in [0.05, 0.1) is 5.69 Å². The molecule has 0 aliphatic heterocycles. The maximum absolute atomic E-state index is 9.06. The predicted molar refractivity (Wildman–Crippen MR) is 67.3 cm³/mol. The molecule has 6 heteroatoms. The zero-order valence-electron chi connectivity index (χ0n) is 9.89. The van der Waals surface area contributed by atoms with Crippen LogP contribution < -0.4 is 10.2 Å². The monoisotopic (exact) mass is 244 g/mol. The smallest absolute Gasteiger partial charge is 0.468 e. The molecule has 0 amide bonds. The van der Waals surface area contributed by atoms with E-state index < -0.39 is 7.12 Å². The Labute approximate surface area is 105 Å². The van der Waals surface area contributed by atoms with Crippen LogP contribution in [0.3, 0.4) is 0 Å². The summed E-state index contributed by atoms with van der Waals surface area (Å²) in [4.78, 5) is 8.20. The van der Waals surface area contributed by atoms with E-state index in [1.807, 2.05) is 25.1 Å². The first-order valence-corrected chi connectivity index (χ1v) is 5.56. The van der Waals surface area contributed by atoms with Gasteiger partial charge >= 0.3 is 7.12 Å². The summed E-state index contributed by atoms with van der Waals surface area (Å²) in [5.41, 5.74) is 1.13. The first-order chi connectivity index (χ1) is 8.66. The van der Waals surface area contributed by atoms with Gasteiger partial charge in [0.1, 0.15) is 6.10 Å². The number of hydrogen-bond donors (Lipinski definition) is 2. The van der Waals surface area contributed by atoms with Crippen molar-refractivity contribution in [2.75, 3.05) is 0 Å². The van der Waals surface area contributed by atoms with Crippen LogP contribution >= 0.6 is 0 Å². The fraction of sp³-hybridized carbons (Fsp3) is 0.167. The second-order valence-corrected chi connectivity index (χ2v) is 3.82. The van der Waals surface area contributed by atoms with Crippen molar-refractivity contribution in [2.45, 2.75) is 13.0 Å². The molecule has 5 nitrogen and oxygen atoms in total. The maximum atomic E-state index is 9.06. The van der Waals surface area contributed by atoms with Crippen molar-refractivity contribution in [3.05, 3.63) is 48.4 Å². The molecule has 0 radical (unpaired) electrons. The van der Waals surface area contributed by atoms with E-state index >= 15 is 0 Å². The third kappa shape index (κ3) is 3.06. The van der Waals surface area contributed by atoms with Crippen LogP contribution in [0.25, 0.3) is 0 Å². The summed E-state index contributed by atoms with van der Waals surface area (Å²) in [5, 5.41) is 18.1. The zero-order chi connectivity index (χ0) is 13.0. The first kappa shape index (κ1) is 12.5. The predicted octanol–water partition coefficient (Wildman–Crippen LogP) is 0.296. The number of aromatic nitrogens is 2. The lowest BCUT2D eigenvalue weighted by atomic mass is 9.81. The molecule has 2 aromatic heterocycles. The Morgan fingerprint density at radius 1 is 1.17 bits per heavy atom. The van der Waals surface area contributed by atoms with Crippen LogP contribution in [-0.2, 0) is 0 Å². The van der Waals surface area contributed by atoms with Crippen LogP contribution in [0.4, 0.5) is 0 Å². The van der Waals surface area contributed by atoms with Crippen LogP contribution in [0.15, 0.2) is 42.7 Å². The summed E-state index contributed by atoms with van der Waals surface area (Å²) in [7, 11) is -1.53. The second-order valence-electron chi connectivity index (χ2n) is 3.82. The zero-order valence-corrected chi connectivity index (χ0v) is 9.89. The summed E-state index contributed by atoms with van der Waals surface area (Å²) in [6.07, 6.45) is 2.90. The average molecular weight is 244 g/mol. The van der Waals surface area contributed by atoms with Crippen molar-refractivity contribution in [3.8, 4) is 5.88 Å². The lowest BCUT2D eigenvalue weighted by Crippen LogP contribution is -2.29. The minimum Gasteiger partial charge on any atom is -0.468 e. The molecule has 0 saturated heterocycles. The highest BCUT2D eigenvalue weighted by atomic mass is 16.5. The molecule has 2 heterocycles. The highest BCUT2D eigenvalue weighted by molar-refractivity contribution is 6.58. The highest BCUT2D eigenvalue weighted by Crippen LogP contribution is 2.16. The summed E-state index contributed by atoms with van der Waals surface area (Å²) in [5.74, 6) is 0.332. The van der Waals surface area contributed by atoms with Gasteiger partial charge in [-0.25, -0.2) is 4.98 Å². The summed E-state index contributed by atoms with van der Waals surface area (Å²) in [6, 6.07) is 8.57. The molecular weight excluding hydrogens is 231 g/mol. The van der Waals surface area contributed by atoms with Crippen molar-refractivity contribution >= 4 is 12.6 Å². The average Bonchev–Trinajstić information content (AvgIpc) is 2.40. The molecule has 0 spiro atoms. The fourth-order valence-electron chi connectivity index (χ4n) is 1.51. The number of hydrogen-bond acceptors (Lipinski definition) is 5. The summed E-state index contributed by atoms with van der Waals surface area (Å²) >= 11 is 0. The molecular formula is C12H13BN2O3. The molecule has 0 aliphatic carbocycles. The van der Waals surface area contributed by atoms with Gasteiger partial charge < -0.3 is 14.8 Å². The Hall–Kier alpha value is -1.92. The van der Waals surface area contributed by atoms with Crippen LogP contribution in [-0.4, -0.2) is 27.1 Å². The van der Waals surface area contributed by atoms with E-state index in [4.69, 9.17) is 14.8 Å². The standard InChI is InChI=1S/C12H13BN2O3/c1-9(11-4-2-3-6-14-11)18-12-8-10(13(16)17)5-7-15-12/h2-9,16-17H,1H3/t9-/m0/s1. The third-order valence-electron chi connectivity index (χ3n) is 2.46. The minimum absolute atomic E-state index is 0.259. The summed E-state index contributed by atoms with van der Waals surface area (Å²) in [6.45, 7) is 1.85. The molecule has 2 N–H and O–H groups in total. The molecule has 0 bridgehead atoms. The SMILES string of the molecule is C[C@H](Oc1cc(B(O)O)ccn1)c1ccccn1. The van der Waals surface area contributed by atoms with Gasteiger partial charge in [0, 0.05) is 18.5 Å². The minimum atomic E-state index is -1.53. The van der Waals surface area contributed by atoms with E-state index in [-0.39, 0.29) is 6.10 Å². The van der Waals surface area contributed by atoms with E-state index in [9.17, 15) is 0 Å².